The molecule has 2 aliphatic rings. The molecule has 0 saturated carbocycles. The normalized spacial score (nSPS) is 19.8. The average molecular weight is 411 g/mol. The van der Waals surface area contributed by atoms with Gasteiger partial charge in [-0.3, -0.25) is 9.59 Å². The van der Waals surface area contributed by atoms with Crippen molar-refractivity contribution in [3.63, 3.8) is 0 Å². The number of rotatable bonds is 4. The van der Waals surface area contributed by atoms with Crippen LogP contribution in [0.5, 0.6) is 5.75 Å². The number of carbonyl (C=O) groups is 2. The molecule has 2 fully saturated rings. The van der Waals surface area contributed by atoms with Crippen LogP contribution in [0.2, 0.25) is 0 Å². The Labute approximate surface area is 177 Å². The summed E-state index contributed by atoms with van der Waals surface area (Å²) in [5.41, 5.74) is 2.03. The molecular weight excluding hydrogens is 380 g/mol. The lowest BCUT2D eigenvalue weighted by molar-refractivity contribution is -0.136. The van der Waals surface area contributed by atoms with E-state index in [0.29, 0.717) is 26.1 Å². The van der Waals surface area contributed by atoms with Crippen molar-refractivity contribution in [2.45, 2.75) is 33.2 Å². The number of para-hydroxylation sites is 1. The molecule has 1 aromatic heterocycles. The lowest BCUT2D eigenvalue weighted by Gasteiger charge is -2.36. The Kier molecular flexibility index (Phi) is 5.54. The first kappa shape index (κ1) is 20.4. The first-order valence-corrected chi connectivity index (χ1v) is 10.7. The standard InChI is InChI=1S/C23H30N4O3/c1-15(2)27-14-17(13-21(27)28)23(29)26-10-8-25(9-11-26)20-12-16(3)18-6-5-7-19(30-4)22(18)24-20/h5-7,12,15,17H,8-11,13-14H2,1-4H3. The van der Waals surface area contributed by atoms with Gasteiger partial charge in [-0.1, -0.05) is 12.1 Å². The van der Waals surface area contributed by atoms with Crippen LogP contribution in [0.15, 0.2) is 24.3 Å². The van der Waals surface area contributed by atoms with Crippen molar-refractivity contribution in [1.29, 1.82) is 0 Å². The number of methoxy groups -OCH3 is 1. The molecule has 0 radical (unpaired) electrons. The minimum atomic E-state index is -0.211. The van der Waals surface area contributed by atoms with E-state index in [9.17, 15) is 9.59 Å². The highest BCUT2D eigenvalue weighted by Gasteiger charge is 2.38. The summed E-state index contributed by atoms with van der Waals surface area (Å²) in [6.45, 7) is 9.38. The zero-order valence-corrected chi connectivity index (χ0v) is 18.2. The van der Waals surface area contributed by atoms with Gasteiger partial charge in [-0.25, -0.2) is 4.98 Å². The molecule has 7 nitrogen and oxygen atoms in total. The van der Waals surface area contributed by atoms with Crippen LogP contribution < -0.4 is 9.64 Å². The van der Waals surface area contributed by atoms with E-state index in [1.165, 1.54) is 0 Å². The maximum absolute atomic E-state index is 13.0. The smallest absolute Gasteiger partial charge is 0.228 e. The SMILES string of the molecule is COc1cccc2c(C)cc(N3CCN(C(=O)C4CC(=O)N(C(C)C)C4)CC3)nc12. The number of aryl methyl sites for hydroxylation is 1. The van der Waals surface area contributed by atoms with Crippen LogP contribution in [-0.4, -0.2) is 72.5 Å². The minimum Gasteiger partial charge on any atom is -0.494 e. The van der Waals surface area contributed by atoms with E-state index in [0.717, 1.165) is 41.1 Å². The van der Waals surface area contributed by atoms with Gasteiger partial charge in [0.2, 0.25) is 11.8 Å². The van der Waals surface area contributed by atoms with Crippen LogP contribution >= 0.6 is 0 Å². The number of hydrogen-bond acceptors (Lipinski definition) is 5. The average Bonchev–Trinajstić information content (AvgIpc) is 3.15. The summed E-state index contributed by atoms with van der Waals surface area (Å²) in [6.07, 6.45) is 0.336. The Hall–Kier alpha value is -2.83. The minimum absolute atomic E-state index is 0.0896. The number of amides is 2. The number of carbonyl (C=O) groups excluding carboxylic acids is 2. The van der Waals surface area contributed by atoms with Gasteiger partial charge in [0.15, 0.2) is 0 Å². The van der Waals surface area contributed by atoms with Gasteiger partial charge in [0, 0.05) is 50.6 Å². The highest BCUT2D eigenvalue weighted by molar-refractivity contribution is 5.90. The summed E-state index contributed by atoms with van der Waals surface area (Å²) in [7, 11) is 1.66. The second-order valence-corrected chi connectivity index (χ2v) is 8.51. The first-order chi connectivity index (χ1) is 14.4. The number of piperazine rings is 1. The molecular formula is C23H30N4O3. The zero-order chi connectivity index (χ0) is 21.4. The van der Waals surface area contributed by atoms with Crippen LogP contribution in [0.3, 0.4) is 0 Å². The van der Waals surface area contributed by atoms with Crippen molar-refractivity contribution in [2.75, 3.05) is 44.7 Å². The second-order valence-electron chi connectivity index (χ2n) is 8.51. The molecule has 1 aromatic carbocycles. The molecule has 0 N–H and O–H groups in total. The maximum Gasteiger partial charge on any atom is 0.228 e. The summed E-state index contributed by atoms with van der Waals surface area (Å²) in [4.78, 5) is 35.9. The van der Waals surface area contributed by atoms with E-state index < -0.39 is 0 Å². The highest BCUT2D eigenvalue weighted by atomic mass is 16.5. The highest BCUT2D eigenvalue weighted by Crippen LogP contribution is 2.30. The molecule has 1 atom stereocenters. The van der Waals surface area contributed by atoms with Gasteiger partial charge < -0.3 is 19.4 Å². The molecule has 2 saturated heterocycles. The Balaban J connectivity index is 1.45. The summed E-state index contributed by atoms with van der Waals surface area (Å²) in [5.74, 6) is 1.67. The lowest BCUT2D eigenvalue weighted by atomic mass is 10.1. The van der Waals surface area contributed by atoms with Crippen molar-refractivity contribution in [3.05, 3.63) is 29.8 Å². The summed E-state index contributed by atoms with van der Waals surface area (Å²) < 4.78 is 5.50. The largest absolute Gasteiger partial charge is 0.494 e. The molecule has 2 aliphatic heterocycles. The van der Waals surface area contributed by atoms with Crippen LogP contribution in [-0.2, 0) is 9.59 Å². The van der Waals surface area contributed by atoms with E-state index in [4.69, 9.17) is 9.72 Å². The molecule has 3 heterocycles. The van der Waals surface area contributed by atoms with Gasteiger partial charge in [0.25, 0.3) is 0 Å². The van der Waals surface area contributed by atoms with Gasteiger partial charge in [0.05, 0.1) is 13.0 Å². The Morgan fingerprint density at radius 1 is 1.20 bits per heavy atom. The number of ether oxygens (including phenoxy) is 1. The number of benzene rings is 1. The molecule has 1 unspecified atom stereocenters. The monoisotopic (exact) mass is 410 g/mol. The van der Waals surface area contributed by atoms with Crippen LogP contribution in [0, 0.1) is 12.8 Å². The quantitative estimate of drug-likeness (QED) is 0.775. The second kappa shape index (κ2) is 8.13. The van der Waals surface area contributed by atoms with Crippen LogP contribution in [0.4, 0.5) is 5.82 Å². The fourth-order valence-electron chi connectivity index (χ4n) is 4.51. The molecule has 2 amide bonds. The maximum atomic E-state index is 13.0. The third-order valence-electron chi connectivity index (χ3n) is 6.26. The van der Waals surface area contributed by atoms with E-state index >= 15 is 0 Å². The number of aromatic nitrogens is 1. The van der Waals surface area contributed by atoms with Crippen LogP contribution in [0.25, 0.3) is 10.9 Å². The van der Waals surface area contributed by atoms with Crippen molar-refractivity contribution in [2.24, 2.45) is 5.92 Å². The molecule has 0 aliphatic carbocycles. The number of likely N-dealkylation sites (tertiary alicyclic amines) is 1. The zero-order valence-electron chi connectivity index (χ0n) is 18.2. The molecule has 160 valence electrons. The fourth-order valence-corrected chi connectivity index (χ4v) is 4.51. The van der Waals surface area contributed by atoms with E-state index in [1.54, 1.807) is 7.11 Å². The van der Waals surface area contributed by atoms with Gasteiger partial charge in [-0.15, -0.1) is 0 Å². The third kappa shape index (κ3) is 3.68. The Bertz CT molecular complexity index is 966. The topological polar surface area (TPSA) is 66.0 Å². The van der Waals surface area contributed by atoms with E-state index in [-0.39, 0.29) is 23.8 Å². The van der Waals surface area contributed by atoms with Gasteiger partial charge in [0.1, 0.15) is 17.1 Å². The predicted molar refractivity (Wildman–Crippen MR) is 117 cm³/mol. The molecule has 30 heavy (non-hydrogen) atoms. The molecule has 0 spiro atoms. The van der Waals surface area contributed by atoms with Crippen molar-refractivity contribution in [3.8, 4) is 5.75 Å². The third-order valence-corrected chi connectivity index (χ3v) is 6.26. The number of hydrogen-bond donors (Lipinski definition) is 0. The van der Waals surface area contributed by atoms with Crippen molar-refractivity contribution < 1.29 is 14.3 Å². The Morgan fingerprint density at radius 2 is 1.93 bits per heavy atom. The van der Waals surface area contributed by atoms with E-state index in [1.807, 2.05) is 35.8 Å². The number of fused-ring (bicyclic) bond motifs is 1. The molecule has 2 aromatic rings. The fraction of sp³-hybridized carbons (Fsp3) is 0.522. The van der Waals surface area contributed by atoms with Crippen LogP contribution in [0.1, 0.15) is 25.8 Å². The van der Waals surface area contributed by atoms with Gasteiger partial charge in [-0.05, 0) is 38.5 Å². The predicted octanol–water partition coefficient (Wildman–Crippen LogP) is 2.46. The lowest BCUT2D eigenvalue weighted by Crippen LogP contribution is -2.51. The van der Waals surface area contributed by atoms with Gasteiger partial charge in [-0.2, -0.15) is 0 Å². The molecule has 7 heteroatoms. The van der Waals surface area contributed by atoms with Crippen molar-refractivity contribution >= 4 is 28.5 Å². The summed E-state index contributed by atoms with van der Waals surface area (Å²) in [5, 5.41) is 1.09. The number of anilines is 1. The number of pyridine rings is 1. The summed E-state index contributed by atoms with van der Waals surface area (Å²) >= 11 is 0. The summed E-state index contributed by atoms with van der Waals surface area (Å²) in [6, 6.07) is 8.22. The molecule has 4 rings (SSSR count). The Morgan fingerprint density at radius 3 is 2.57 bits per heavy atom. The van der Waals surface area contributed by atoms with E-state index in [2.05, 4.69) is 24.0 Å². The number of nitrogens with zero attached hydrogens (tertiary/aromatic N) is 4. The van der Waals surface area contributed by atoms with Crippen molar-refractivity contribution in [1.82, 2.24) is 14.8 Å². The first-order valence-electron chi connectivity index (χ1n) is 10.7. The molecule has 0 bridgehead atoms. The van der Waals surface area contributed by atoms with Gasteiger partial charge >= 0.3 is 0 Å².